The van der Waals surface area contributed by atoms with Crippen molar-refractivity contribution < 1.29 is 4.79 Å². The summed E-state index contributed by atoms with van der Waals surface area (Å²) in [6.45, 7) is 2.25. The average Bonchev–Trinajstić information content (AvgIpc) is 1.89. The van der Waals surface area contributed by atoms with Gasteiger partial charge in [-0.1, -0.05) is 6.08 Å². The highest BCUT2D eigenvalue weighted by molar-refractivity contribution is 5.86. The molecule has 3 heteroatoms. The van der Waals surface area contributed by atoms with Gasteiger partial charge in [0.1, 0.15) is 0 Å². The summed E-state index contributed by atoms with van der Waals surface area (Å²) in [5.74, 6) is -0.319. The lowest BCUT2D eigenvalue weighted by Crippen LogP contribution is -2.36. The van der Waals surface area contributed by atoms with E-state index >= 15 is 0 Å². The van der Waals surface area contributed by atoms with E-state index < -0.39 is 5.41 Å². The van der Waals surface area contributed by atoms with Gasteiger partial charge in [0.25, 0.3) is 0 Å². The lowest BCUT2D eigenvalue weighted by molar-refractivity contribution is -0.124. The molecule has 0 fully saturated rings. The minimum atomic E-state index is -0.561. The second kappa shape index (κ2) is 2.25. The number of aliphatic imine (C=N–C) groups is 1. The topological polar surface area (TPSA) is 55.5 Å². The Kier molecular flexibility index (Phi) is 1.57. The maximum Gasteiger partial charge on any atom is 0.229 e. The molecule has 2 N–H and O–H groups in total. The van der Waals surface area contributed by atoms with Crippen molar-refractivity contribution in [3.63, 3.8) is 0 Å². The van der Waals surface area contributed by atoms with Gasteiger partial charge in [0.05, 0.1) is 12.0 Å². The molecule has 0 aromatic rings. The molecule has 54 valence electrons. The fourth-order valence-corrected chi connectivity index (χ4v) is 0.771. The number of carbonyl (C=O) groups is 1. The second-order valence-electron chi connectivity index (χ2n) is 2.63. The Morgan fingerprint density at radius 2 is 2.50 bits per heavy atom. The van der Waals surface area contributed by atoms with Crippen LogP contribution in [0.4, 0.5) is 0 Å². The number of allylic oxidation sites excluding steroid dienone is 1. The van der Waals surface area contributed by atoms with Crippen LogP contribution >= 0.6 is 0 Å². The SMILES string of the molecule is CC1(C(N)=O)C=CC=NC1. The number of nitrogens with zero attached hydrogens (tertiary/aromatic N) is 1. The number of dihydropyridines is 1. The number of hydrogen-bond acceptors (Lipinski definition) is 2. The molecule has 10 heavy (non-hydrogen) atoms. The number of primary amides is 1. The molecule has 1 aliphatic rings. The third-order valence-electron chi connectivity index (χ3n) is 1.64. The molecular formula is C7H10N2O. The minimum Gasteiger partial charge on any atom is -0.369 e. The molecule has 0 radical (unpaired) electrons. The summed E-state index contributed by atoms with van der Waals surface area (Å²) in [7, 11) is 0. The van der Waals surface area contributed by atoms with Gasteiger partial charge in [-0.15, -0.1) is 0 Å². The normalized spacial score (nSPS) is 30.5. The van der Waals surface area contributed by atoms with Crippen molar-refractivity contribution in [3.05, 3.63) is 12.2 Å². The Hall–Kier alpha value is -1.12. The Balaban J connectivity index is 2.80. The zero-order valence-electron chi connectivity index (χ0n) is 5.87. The van der Waals surface area contributed by atoms with E-state index in [1.165, 1.54) is 0 Å². The van der Waals surface area contributed by atoms with Crippen LogP contribution in [0.5, 0.6) is 0 Å². The highest BCUT2D eigenvalue weighted by atomic mass is 16.1. The molecule has 1 unspecified atom stereocenters. The third-order valence-corrected chi connectivity index (χ3v) is 1.64. The minimum absolute atomic E-state index is 0.319. The number of rotatable bonds is 1. The molecule has 1 rings (SSSR count). The Morgan fingerprint density at radius 3 is 2.80 bits per heavy atom. The third kappa shape index (κ3) is 1.07. The fourth-order valence-electron chi connectivity index (χ4n) is 0.771. The van der Waals surface area contributed by atoms with Crippen molar-refractivity contribution in [2.45, 2.75) is 6.92 Å². The van der Waals surface area contributed by atoms with Crippen molar-refractivity contribution in [2.75, 3.05) is 6.54 Å². The molecule has 1 heterocycles. The first-order valence-corrected chi connectivity index (χ1v) is 3.13. The van der Waals surface area contributed by atoms with Gasteiger partial charge in [-0.3, -0.25) is 9.79 Å². The number of hydrogen-bond donors (Lipinski definition) is 1. The number of carbonyl (C=O) groups excluding carboxylic acids is 1. The molecule has 1 amide bonds. The summed E-state index contributed by atoms with van der Waals surface area (Å²) in [6, 6.07) is 0. The summed E-state index contributed by atoms with van der Waals surface area (Å²) in [4.78, 5) is 14.7. The zero-order valence-corrected chi connectivity index (χ0v) is 5.87. The van der Waals surface area contributed by atoms with Crippen molar-refractivity contribution in [1.29, 1.82) is 0 Å². The van der Waals surface area contributed by atoms with Gasteiger partial charge in [0, 0.05) is 6.21 Å². The van der Waals surface area contributed by atoms with Crippen LogP contribution in [-0.4, -0.2) is 18.7 Å². The molecule has 0 spiro atoms. The smallest absolute Gasteiger partial charge is 0.229 e. The lowest BCUT2D eigenvalue weighted by Gasteiger charge is -2.20. The van der Waals surface area contributed by atoms with Crippen LogP contribution in [-0.2, 0) is 4.79 Å². The summed E-state index contributed by atoms with van der Waals surface area (Å²) in [5, 5.41) is 0. The summed E-state index contributed by atoms with van der Waals surface area (Å²) < 4.78 is 0. The first-order chi connectivity index (χ1) is 4.65. The number of amides is 1. The number of nitrogens with two attached hydrogens (primary N) is 1. The summed E-state index contributed by atoms with van der Waals surface area (Å²) in [5.41, 5.74) is 4.58. The van der Waals surface area contributed by atoms with Gasteiger partial charge in [0.2, 0.25) is 5.91 Å². The maximum atomic E-state index is 10.8. The van der Waals surface area contributed by atoms with E-state index in [9.17, 15) is 4.79 Å². The second-order valence-corrected chi connectivity index (χ2v) is 2.63. The van der Waals surface area contributed by atoms with Gasteiger partial charge in [-0.2, -0.15) is 0 Å². The molecular weight excluding hydrogens is 128 g/mol. The average molecular weight is 138 g/mol. The van der Waals surface area contributed by atoms with Crippen molar-refractivity contribution in [2.24, 2.45) is 16.1 Å². The molecule has 1 aliphatic heterocycles. The van der Waals surface area contributed by atoms with E-state index in [0.717, 1.165) is 0 Å². The highest BCUT2D eigenvalue weighted by Crippen LogP contribution is 2.19. The first kappa shape index (κ1) is 6.99. The van der Waals surface area contributed by atoms with Crippen molar-refractivity contribution >= 4 is 12.1 Å². The van der Waals surface area contributed by atoms with Crippen molar-refractivity contribution in [1.82, 2.24) is 0 Å². The van der Waals surface area contributed by atoms with E-state index in [1.54, 1.807) is 25.3 Å². The molecule has 0 aliphatic carbocycles. The lowest BCUT2D eigenvalue weighted by atomic mass is 9.88. The van der Waals surface area contributed by atoms with Crippen LogP contribution in [0, 0.1) is 5.41 Å². The standard InChI is InChI=1S/C7H10N2O/c1-7(6(8)10)3-2-4-9-5-7/h2-4H,5H2,1H3,(H2,8,10). The predicted molar refractivity (Wildman–Crippen MR) is 39.8 cm³/mol. The van der Waals surface area contributed by atoms with Crippen LogP contribution in [0.1, 0.15) is 6.92 Å². The summed E-state index contributed by atoms with van der Waals surface area (Å²) >= 11 is 0. The van der Waals surface area contributed by atoms with E-state index in [0.29, 0.717) is 6.54 Å². The van der Waals surface area contributed by atoms with Crippen LogP contribution in [0.15, 0.2) is 17.1 Å². The molecule has 0 saturated heterocycles. The van der Waals surface area contributed by atoms with E-state index in [4.69, 9.17) is 5.73 Å². The van der Waals surface area contributed by atoms with Gasteiger partial charge >= 0.3 is 0 Å². The molecule has 0 aromatic carbocycles. The van der Waals surface area contributed by atoms with Gasteiger partial charge < -0.3 is 5.73 Å². The highest BCUT2D eigenvalue weighted by Gasteiger charge is 2.28. The molecule has 0 bridgehead atoms. The van der Waals surface area contributed by atoms with Crippen LogP contribution in [0.25, 0.3) is 0 Å². The molecule has 0 saturated carbocycles. The van der Waals surface area contributed by atoms with E-state index in [2.05, 4.69) is 4.99 Å². The predicted octanol–water partition coefficient (Wildman–Crippen LogP) is 0.119. The van der Waals surface area contributed by atoms with E-state index in [1.807, 2.05) is 0 Å². The Bertz CT molecular complexity index is 208. The maximum absolute atomic E-state index is 10.8. The molecule has 3 nitrogen and oxygen atoms in total. The zero-order chi connectivity index (χ0) is 7.61. The molecule has 0 aromatic heterocycles. The monoisotopic (exact) mass is 138 g/mol. The van der Waals surface area contributed by atoms with Gasteiger partial charge in [0.15, 0.2) is 0 Å². The first-order valence-electron chi connectivity index (χ1n) is 3.13. The van der Waals surface area contributed by atoms with Crippen molar-refractivity contribution in [3.8, 4) is 0 Å². The fraction of sp³-hybridized carbons (Fsp3) is 0.429. The van der Waals surface area contributed by atoms with Crippen LogP contribution in [0.3, 0.4) is 0 Å². The van der Waals surface area contributed by atoms with Gasteiger partial charge in [-0.25, -0.2) is 0 Å². The molecule has 1 atom stereocenters. The summed E-state index contributed by atoms with van der Waals surface area (Å²) in [6.07, 6.45) is 5.20. The largest absolute Gasteiger partial charge is 0.369 e. The van der Waals surface area contributed by atoms with Gasteiger partial charge in [-0.05, 0) is 13.0 Å². The quantitative estimate of drug-likeness (QED) is 0.549. The Labute approximate surface area is 59.6 Å². The Morgan fingerprint density at radius 1 is 1.80 bits per heavy atom. The van der Waals surface area contributed by atoms with Crippen LogP contribution in [0.2, 0.25) is 0 Å². The van der Waals surface area contributed by atoms with Crippen LogP contribution < -0.4 is 5.73 Å². The van der Waals surface area contributed by atoms with E-state index in [-0.39, 0.29) is 5.91 Å².